The SMILES string of the molecule is CC/C(=C/C(=O)O)c1cccc(F)c1F. The summed E-state index contributed by atoms with van der Waals surface area (Å²) < 4.78 is 26.1. The van der Waals surface area contributed by atoms with Gasteiger partial charge in [-0.1, -0.05) is 19.1 Å². The van der Waals surface area contributed by atoms with Crippen molar-refractivity contribution >= 4 is 11.5 Å². The summed E-state index contributed by atoms with van der Waals surface area (Å²) in [7, 11) is 0. The van der Waals surface area contributed by atoms with Gasteiger partial charge in [0.2, 0.25) is 0 Å². The lowest BCUT2D eigenvalue weighted by Gasteiger charge is -2.05. The highest BCUT2D eigenvalue weighted by molar-refractivity contribution is 5.90. The second-order valence-electron chi connectivity index (χ2n) is 2.96. The summed E-state index contributed by atoms with van der Waals surface area (Å²) in [6.45, 7) is 1.68. The van der Waals surface area contributed by atoms with E-state index >= 15 is 0 Å². The molecule has 2 nitrogen and oxygen atoms in total. The van der Waals surface area contributed by atoms with Crippen molar-refractivity contribution in [1.82, 2.24) is 0 Å². The fourth-order valence-electron chi connectivity index (χ4n) is 1.27. The van der Waals surface area contributed by atoms with Gasteiger partial charge in [-0.3, -0.25) is 0 Å². The van der Waals surface area contributed by atoms with E-state index in [1.807, 2.05) is 0 Å². The Morgan fingerprint density at radius 1 is 1.47 bits per heavy atom. The number of benzene rings is 1. The molecule has 0 aliphatic heterocycles. The normalized spacial score (nSPS) is 11.5. The van der Waals surface area contributed by atoms with Crippen LogP contribution in [0.2, 0.25) is 0 Å². The van der Waals surface area contributed by atoms with Gasteiger partial charge < -0.3 is 5.11 Å². The molecule has 0 aromatic heterocycles. The minimum absolute atomic E-state index is 0.0000926. The monoisotopic (exact) mass is 212 g/mol. The maximum Gasteiger partial charge on any atom is 0.328 e. The van der Waals surface area contributed by atoms with Gasteiger partial charge in [-0.15, -0.1) is 0 Å². The zero-order valence-corrected chi connectivity index (χ0v) is 8.13. The van der Waals surface area contributed by atoms with Gasteiger partial charge >= 0.3 is 5.97 Å². The van der Waals surface area contributed by atoms with Crippen molar-refractivity contribution in [2.75, 3.05) is 0 Å². The minimum Gasteiger partial charge on any atom is -0.478 e. The molecule has 0 saturated carbocycles. The van der Waals surface area contributed by atoms with E-state index in [1.165, 1.54) is 12.1 Å². The van der Waals surface area contributed by atoms with Gasteiger partial charge in [-0.25, -0.2) is 13.6 Å². The number of carboxylic acid groups (broad SMARTS) is 1. The highest BCUT2D eigenvalue weighted by atomic mass is 19.2. The van der Waals surface area contributed by atoms with E-state index in [0.717, 1.165) is 12.1 Å². The maximum atomic E-state index is 13.3. The Kier molecular flexibility index (Phi) is 3.55. The third-order valence-corrected chi connectivity index (χ3v) is 1.98. The smallest absolute Gasteiger partial charge is 0.328 e. The standard InChI is InChI=1S/C11H10F2O2/c1-2-7(6-10(14)15)8-4-3-5-9(12)11(8)13/h3-6H,2H2,1H3,(H,14,15)/b7-6-. The Labute approximate surface area is 85.9 Å². The molecule has 0 aliphatic carbocycles. The molecule has 0 heterocycles. The highest BCUT2D eigenvalue weighted by Crippen LogP contribution is 2.22. The van der Waals surface area contributed by atoms with Gasteiger partial charge in [0.15, 0.2) is 11.6 Å². The van der Waals surface area contributed by atoms with Crippen LogP contribution in [0.4, 0.5) is 8.78 Å². The first-order valence-electron chi connectivity index (χ1n) is 4.44. The molecular formula is C11H10F2O2. The van der Waals surface area contributed by atoms with Crippen molar-refractivity contribution < 1.29 is 18.7 Å². The Bertz CT molecular complexity index is 411. The zero-order chi connectivity index (χ0) is 11.4. The highest BCUT2D eigenvalue weighted by Gasteiger charge is 2.11. The van der Waals surface area contributed by atoms with E-state index in [1.54, 1.807) is 6.92 Å². The van der Waals surface area contributed by atoms with Crippen molar-refractivity contribution in [3.8, 4) is 0 Å². The molecule has 4 heteroatoms. The summed E-state index contributed by atoms with van der Waals surface area (Å²) in [5.74, 6) is -3.15. The molecule has 0 bridgehead atoms. The molecule has 0 atom stereocenters. The summed E-state index contributed by atoms with van der Waals surface area (Å²) in [5.41, 5.74) is 0.263. The fourth-order valence-corrected chi connectivity index (χ4v) is 1.27. The first-order chi connectivity index (χ1) is 7.06. The fraction of sp³-hybridized carbons (Fsp3) is 0.182. The van der Waals surface area contributed by atoms with Crippen LogP contribution in [-0.2, 0) is 4.79 Å². The van der Waals surface area contributed by atoms with Gasteiger partial charge in [0.05, 0.1) is 0 Å². The first-order valence-corrected chi connectivity index (χ1v) is 4.44. The van der Waals surface area contributed by atoms with Crippen LogP contribution in [0.5, 0.6) is 0 Å². The molecule has 1 rings (SSSR count). The van der Waals surface area contributed by atoms with E-state index in [-0.39, 0.29) is 11.1 Å². The van der Waals surface area contributed by atoms with Crippen LogP contribution in [0.15, 0.2) is 24.3 Å². The van der Waals surface area contributed by atoms with Crippen LogP contribution in [0, 0.1) is 11.6 Å². The zero-order valence-electron chi connectivity index (χ0n) is 8.13. The second-order valence-corrected chi connectivity index (χ2v) is 2.96. The van der Waals surface area contributed by atoms with Crippen LogP contribution in [0.3, 0.4) is 0 Å². The topological polar surface area (TPSA) is 37.3 Å². The third kappa shape index (κ3) is 2.62. The second kappa shape index (κ2) is 4.68. The molecule has 1 aromatic carbocycles. The van der Waals surface area contributed by atoms with E-state index in [2.05, 4.69) is 0 Å². The average molecular weight is 212 g/mol. The lowest BCUT2D eigenvalue weighted by atomic mass is 10.0. The van der Waals surface area contributed by atoms with E-state index in [4.69, 9.17) is 5.11 Å². The summed E-state index contributed by atoms with van der Waals surface area (Å²) in [4.78, 5) is 10.4. The number of carboxylic acids is 1. The van der Waals surface area contributed by atoms with Gasteiger partial charge in [0, 0.05) is 11.6 Å². The Hall–Kier alpha value is -1.71. The van der Waals surface area contributed by atoms with Gasteiger partial charge in [-0.2, -0.15) is 0 Å². The molecule has 1 aromatic rings. The molecule has 80 valence electrons. The van der Waals surface area contributed by atoms with Crippen LogP contribution >= 0.6 is 0 Å². The molecule has 15 heavy (non-hydrogen) atoms. The van der Waals surface area contributed by atoms with Crippen LogP contribution < -0.4 is 0 Å². The predicted octanol–water partition coefficient (Wildman–Crippen LogP) is 2.84. The molecule has 0 radical (unpaired) electrons. The van der Waals surface area contributed by atoms with E-state index in [9.17, 15) is 13.6 Å². The summed E-state index contributed by atoms with van der Waals surface area (Å²) in [5, 5.41) is 8.54. The molecule has 0 unspecified atom stereocenters. The van der Waals surface area contributed by atoms with E-state index in [0.29, 0.717) is 6.42 Å². The number of halogens is 2. The molecule has 0 amide bonds. The maximum absolute atomic E-state index is 13.3. The number of aliphatic carboxylic acids is 1. The van der Waals surface area contributed by atoms with Gasteiger partial charge in [-0.05, 0) is 18.1 Å². The first kappa shape index (κ1) is 11.4. The summed E-state index contributed by atoms with van der Waals surface area (Å²) >= 11 is 0. The molecular weight excluding hydrogens is 202 g/mol. The molecule has 0 aliphatic rings. The minimum atomic E-state index is -1.17. The number of allylic oxidation sites excluding steroid dienone is 1. The lowest BCUT2D eigenvalue weighted by molar-refractivity contribution is -0.131. The summed E-state index contributed by atoms with van der Waals surface area (Å²) in [6, 6.07) is 3.70. The third-order valence-electron chi connectivity index (χ3n) is 1.98. The summed E-state index contributed by atoms with van der Waals surface area (Å²) in [6.07, 6.45) is 1.21. The van der Waals surface area contributed by atoms with Crippen molar-refractivity contribution in [1.29, 1.82) is 0 Å². The van der Waals surface area contributed by atoms with Crippen LogP contribution in [0.1, 0.15) is 18.9 Å². The van der Waals surface area contributed by atoms with Crippen molar-refractivity contribution in [2.45, 2.75) is 13.3 Å². The quantitative estimate of drug-likeness (QED) is 0.782. The van der Waals surface area contributed by atoms with Crippen molar-refractivity contribution in [2.24, 2.45) is 0 Å². The lowest BCUT2D eigenvalue weighted by Crippen LogP contribution is -1.96. The molecule has 0 spiro atoms. The Balaban J connectivity index is 3.24. The van der Waals surface area contributed by atoms with Crippen molar-refractivity contribution in [3.63, 3.8) is 0 Å². The van der Waals surface area contributed by atoms with Gasteiger partial charge in [0.25, 0.3) is 0 Å². The molecule has 0 fully saturated rings. The number of hydrogen-bond acceptors (Lipinski definition) is 1. The number of hydrogen-bond donors (Lipinski definition) is 1. The molecule has 0 saturated heterocycles. The van der Waals surface area contributed by atoms with Crippen molar-refractivity contribution in [3.05, 3.63) is 41.5 Å². The van der Waals surface area contributed by atoms with E-state index < -0.39 is 17.6 Å². The largest absolute Gasteiger partial charge is 0.478 e. The van der Waals surface area contributed by atoms with Crippen LogP contribution in [-0.4, -0.2) is 11.1 Å². The predicted molar refractivity (Wildman–Crippen MR) is 52.3 cm³/mol. The Morgan fingerprint density at radius 2 is 2.13 bits per heavy atom. The number of carbonyl (C=O) groups is 1. The van der Waals surface area contributed by atoms with Gasteiger partial charge in [0.1, 0.15) is 0 Å². The average Bonchev–Trinajstić information content (AvgIpc) is 2.19. The number of rotatable bonds is 3. The van der Waals surface area contributed by atoms with Crippen LogP contribution in [0.25, 0.3) is 5.57 Å². The molecule has 1 N–H and O–H groups in total. The Morgan fingerprint density at radius 3 is 2.67 bits per heavy atom.